The van der Waals surface area contributed by atoms with E-state index in [0.717, 1.165) is 18.7 Å². The first-order valence-corrected chi connectivity index (χ1v) is 6.30. The quantitative estimate of drug-likeness (QED) is 0.752. The molecule has 0 amide bonds. The van der Waals surface area contributed by atoms with E-state index in [2.05, 4.69) is 23.7 Å². The molecule has 0 bridgehead atoms. The van der Waals surface area contributed by atoms with Crippen LogP contribution in [0.15, 0.2) is 12.1 Å². The molecule has 1 aliphatic rings. The van der Waals surface area contributed by atoms with Crippen molar-refractivity contribution in [2.45, 2.75) is 38.8 Å². The molecule has 0 radical (unpaired) electrons. The lowest BCUT2D eigenvalue weighted by molar-refractivity contribution is 0.166. The molecule has 0 unspecified atom stereocenters. The van der Waals surface area contributed by atoms with Gasteiger partial charge in [-0.15, -0.1) is 0 Å². The maximum absolute atomic E-state index is 6.08. The zero-order valence-electron chi connectivity index (χ0n) is 9.63. The average molecular weight is 259 g/mol. The molecule has 0 aromatic carbocycles. The van der Waals surface area contributed by atoms with Gasteiger partial charge in [-0.3, -0.25) is 4.90 Å². The van der Waals surface area contributed by atoms with Gasteiger partial charge in [0.2, 0.25) is 0 Å². The normalized spacial score (nSPS) is 20.2. The van der Waals surface area contributed by atoms with Crippen LogP contribution in [0.3, 0.4) is 0 Å². The standard InChI is InChI=1S/C12H16Cl2N2/c1-12(2)6-3-7-16(12)8-9-4-5-10(13)15-11(9)14/h4-5H,3,6-8H2,1-2H3. The molecule has 1 fully saturated rings. The van der Waals surface area contributed by atoms with E-state index in [-0.39, 0.29) is 5.54 Å². The average Bonchev–Trinajstić information content (AvgIpc) is 2.50. The molecule has 4 heteroatoms. The minimum absolute atomic E-state index is 0.267. The van der Waals surface area contributed by atoms with Crippen molar-refractivity contribution in [3.63, 3.8) is 0 Å². The fourth-order valence-electron chi connectivity index (χ4n) is 2.22. The monoisotopic (exact) mass is 258 g/mol. The summed E-state index contributed by atoms with van der Waals surface area (Å²) in [7, 11) is 0. The second-order valence-electron chi connectivity index (χ2n) is 4.92. The smallest absolute Gasteiger partial charge is 0.135 e. The van der Waals surface area contributed by atoms with E-state index in [0.29, 0.717) is 10.3 Å². The third kappa shape index (κ3) is 2.50. The molecule has 1 saturated heterocycles. The van der Waals surface area contributed by atoms with E-state index >= 15 is 0 Å². The maximum Gasteiger partial charge on any atom is 0.135 e. The molecule has 1 aliphatic heterocycles. The summed E-state index contributed by atoms with van der Waals surface area (Å²) in [6.45, 7) is 6.54. The minimum Gasteiger partial charge on any atom is -0.294 e. The lowest BCUT2D eigenvalue weighted by Gasteiger charge is -2.31. The van der Waals surface area contributed by atoms with Crippen LogP contribution >= 0.6 is 23.2 Å². The first kappa shape index (κ1) is 12.2. The van der Waals surface area contributed by atoms with Crippen LogP contribution in [-0.4, -0.2) is 22.0 Å². The molecule has 88 valence electrons. The van der Waals surface area contributed by atoms with Gasteiger partial charge in [0.1, 0.15) is 10.3 Å². The third-order valence-corrected chi connectivity index (χ3v) is 3.86. The Labute approximate surface area is 107 Å². The largest absolute Gasteiger partial charge is 0.294 e. The molecule has 0 saturated carbocycles. The van der Waals surface area contributed by atoms with Gasteiger partial charge in [0.05, 0.1) is 0 Å². The zero-order chi connectivity index (χ0) is 11.8. The molecule has 2 heterocycles. The molecular weight excluding hydrogens is 243 g/mol. The summed E-state index contributed by atoms with van der Waals surface area (Å²) >= 11 is 11.9. The van der Waals surface area contributed by atoms with E-state index < -0.39 is 0 Å². The number of hydrogen-bond acceptors (Lipinski definition) is 2. The summed E-state index contributed by atoms with van der Waals surface area (Å²) in [4.78, 5) is 6.52. The molecule has 0 atom stereocenters. The number of rotatable bonds is 2. The fraction of sp³-hybridized carbons (Fsp3) is 0.583. The number of likely N-dealkylation sites (tertiary alicyclic amines) is 1. The molecule has 0 spiro atoms. The van der Waals surface area contributed by atoms with Gasteiger partial charge < -0.3 is 0 Å². The van der Waals surface area contributed by atoms with Gasteiger partial charge in [-0.05, 0) is 39.3 Å². The van der Waals surface area contributed by atoms with Crippen LogP contribution in [0.1, 0.15) is 32.3 Å². The molecule has 0 aliphatic carbocycles. The zero-order valence-corrected chi connectivity index (χ0v) is 11.1. The molecule has 1 aromatic heterocycles. The highest BCUT2D eigenvalue weighted by Gasteiger charge is 2.31. The van der Waals surface area contributed by atoms with Gasteiger partial charge in [-0.2, -0.15) is 0 Å². The van der Waals surface area contributed by atoms with Gasteiger partial charge in [0.15, 0.2) is 0 Å². The first-order chi connectivity index (χ1) is 7.49. The molecule has 16 heavy (non-hydrogen) atoms. The SMILES string of the molecule is CC1(C)CCCN1Cc1ccc(Cl)nc1Cl. The van der Waals surface area contributed by atoms with Crippen molar-refractivity contribution in [3.05, 3.63) is 28.0 Å². The second-order valence-corrected chi connectivity index (χ2v) is 5.67. The molecule has 0 N–H and O–H groups in total. The molecule has 2 rings (SSSR count). The van der Waals surface area contributed by atoms with Crippen LogP contribution in [0.25, 0.3) is 0 Å². The number of pyridine rings is 1. The summed E-state index contributed by atoms with van der Waals surface area (Å²) in [5, 5.41) is 0.977. The highest BCUT2D eigenvalue weighted by atomic mass is 35.5. The summed E-state index contributed by atoms with van der Waals surface area (Å²) in [6.07, 6.45) is 2.50. The number of aromatic nitrogens is 1. The Morgan fingerprint density at radius 2 is 2.12 bits per heavy atom. The summed E-state index contributed by atoms with van der Waals surface area (Å²) in [5.74, 6) is 0. The van der Waals surface area contributed by atoms with Crippen molar-refractivity contribution in [1.82, 2.24) is 9.88 Å². The Kier molecular flexibility index (Phi) is 3.43. The summed E-state index contributed by atoms with van der Waals surface area (Å²) < 4.78 is 0. The predicted octanol–water partition coefficient (Wildman–Crippen LogP) is 3.76. The highest BCUT2D eigenvalue weighted by Crippen LogP contribution is 2.31. The van der Waals surface area contributed by atoms with E-state index in [1.165, 1.54) is 12.8 Å². The number of hydrogen-bond donors (Lipinski definition) is 0. The Hall–Kier alpha value is -0.310. The second kappa shape index (κ2) is 4.52. The van der Waals surface area contributed by atoms with E-state index in [4.69, 9.17) is 23.2 Å². The minimum atomic E-state index is 0.267. The van der Waals surface area contributed by atoms with Crippen molar-refractivity contribution in [2.75, 3.05) is 6.54 Å². The maximum atomic E-state index is 6.08. The van der Waals surface area contributed by atoms with Crippen molar-refractivity contribution in [2.24, 2.45) is 0 Å². The van der Waals surface area contributed by atoms with Crippen molar-refractivity contribution < 1.29 is 0 Å². The van der Waals surface area contributed by atoms with Crippen LogP contribution in [-0.2, 0) is 6.54 Å². The number of halogens is 2. The van der Waals surface area contributed by atoms with E-state index in [1.807, 2.05) is 6.07 Å². The highest BCUT2D eigenvalue weighted by molar-refractivity contribution is 6.32. The lowest BCUT2D eigenvalue weighted by Crippen LogP contribution is -2.37. The van der Waals surface area contributed by atoms with Gasteiger partial charge in [-0.25, -0.2) is 4.98 Å². The topological polar surface area (TPSA) is 16.1 Å². The Morgan fingerprint density at radius 3 is 2.69 bits per heavy atom. The van der Waals surface area contributed by atoms with Crippen LogP contribution in [0, 0.1) is 0 Å². The van der Waals surface area contributed by atoms with Crippen molar-refractivity contribution in [3.8, 4) is 0 Å². The predicted molar refractivity (Wildman–Crippen MR) is 68.0 cm³/mol. The van der Waals surface area contributed by atoms with Crippen LogP contribution in [0.2, 0.25) is 10.3 Å². The molecule has 1 aromatic rings. The van der Waals surface area contributed by atoms with E-state index in [1.54, 1.807) is 6.07 Å². The molecular formula is C12H16Cl2N2. The molecule has 2 nitrogen and oxygen atoms in total. The Morgan fingerprint density at radius 1 is 1.38 bits per heavy atom. The van der Waals surface area contributed by atoms with Crippen molar-refractivity contribution >= 4 is 23.2 Å². The third-order valence-electron chi connectivity index (χ3n) is 3.33. The Bertz CT molecular complexity index is 391. The van der Waals surface area contributed by atoms with Gasteiger partial charge in [0.25, 0.3) is 0 Å². The first-order valence-electron chi connectivity index (χ1n) is 5.55. The fourth-order valence-corrected chi connectivity index (χ4v) is 2.63. The van der Waals surface area contributed by atoms with Gasteiger partial charge in [0, 0.05) is 17.6 Å². The van der Waals surface area contributed by atoms with Crippen LogP contribution < -0.4 is 0 Å². The summed E-state index contributed by atoms with van der Waals surface area (Å²) in [6, 6.07) is 3.76. The summed E-state index contributed by atoms with van der Waals surface area (Å²) in [5.41, 5.74) is 1.32. The Balaban J connectivity index is 2.15. The van der Waals surface area contributed by atoms with Crippen molar-refractivity contribution in [1.29, 1.82) is 0 Å². The number of nitrogens with zero attached hydrogens (tertiary/aromatic N) is 2. The van der Waals surface area contributed by atoms with Crippen LogP contribution in [0.4, 0.5) is 0 Å². The van der Waals surface area contributed by atoms with E-state index in [9.17, 15) is 0 Å². The van der Waals surface area contributed by atoms with Gasteiger partial charge in [-0.1, -0.05) is 29.3 Å². The van der Waals surface area contributed by atoms with Crippen LogP contribution in [0.5, 0.6) is 0 Å². The van der Waals surface area contributed by atoms with Gasteiger partial charge >= 0.3 is 0 Å². The lowest BCUT2D eigenvalue weighted by atomic mass is 10.0.